The molecule has 0 aromatic heterocycles. The van der Waals surface area contributed by atoms with E-state index in [0.29, 0.717) is 0 Å². The predicted octanol–water partition coefficient (Wildman–Crippen LogP) is 15.3. The van der Waals surface area contributed by atoms with Crippen LogP contribution < -0.4 is 4.90 Å². The zero-order valence-electron chi connectivity index (χ0n) is 30.3. The Kier molecular flexibility index (Phi) is 8.24. The van der Waals surface area contributed by atoms with Crippen molar-refractivity contribution in [1.82, 2.24) is 0 Å². The molecule has 0 aliphatic heterocycles. The van der Waals surface area contributed by atoms with Gasteiger partial charge in [-0.15, -0.1) is 0 Å². The first kappa shape index (κ1) is 32.4. The van der Waals surface area contributed by atoms with Gasteiger partial charge in [0.15, 0.2) is 0 Å². The summed E-state index contributed by atoms with van der Waals surface area (Å²) in [7, 11) is 0. The second-order valence-electron chi connectivity index (χ2n) is 14.1. The number of benzene rings is 10. The highest BCUT2D eigenvalue weighted by molar-refractivity contribution is 6.14. The van der Waals surface area contributed by atoms with E-state index < -0.39 is 0 Å². The minimum atomic E-state index is 1.09. The van der Waals surface area contributed by atoms with Crippen molar-refractivity contribution in [3.8, 4) is 44.5 Å². The summed E-state index contributed by atoms with van der Waals surface area (Å²) >= 11 is 0. The minimum absolute atomic E-state index is 1.09. The third kappa shape index (κ3) is 5.93. The molecule has 10 rings (SSSR count). The molecule has 55 heavy (non-hydrogen) atoms. The normalized spacial score (nSPS) is 11.3. The molecule has 0 unspecified atom stereocenters. The number of hydrogen-bond donors (Lipinski definition) is 0. The number of fused-ring (bicyclic) bond motifs is 4. The molecule has 0 atom stereocenters. The minimum Gasteiger partial charge on any atom is -0.310 e. The van der Waals surface area contributed by atoms with Crippen LogP contribution in [0.25, 0.3) is 76.8 Å². The fraction of sp³-hybridized carbons (Fsp3) is 0. The topological polar surface area (TPSA) is 3.24 Å². The molecule has 0 N–H and O–H groups in total. The molecule has 0 fully saturated rings. The first-order valence-corrected chi connectivity index (χ1v) is 18.9. The Morgan fingerprint density at radius 2 is 0.800 bits per heavy atom. The molecule has 0 bridgehead atoms. The molecule has 0 saturated carbocycles. The maximum absolute atomic E-state index is 2.44. The molecule has 10 aromatic carbocycles. The Labute approximate surface area is 322 Å². The van der Waals surface area contributed by atoms with Crippen LogP contribution in [0.3, 0.4) is 0 Å². The summed E-state index contributed by atoms with van der Waals surface area (Å²) in [5.41, 5.74) is 12.9. The van der Waals surface area contributed by atoms with Gasteiger partial charge in [0.05, 0.1) is 5.69 Å². The van der Waals surface area contributed by atoms with Gasteiger partial charge in [-0.2, -0.15) is 0 Å². The monoisotopic (exact) mass is 699 g/mol. The van der Waals surface area contributed by atoms with Gasteiger partial charge in [0.2, 0.25) is 0 Å². The molecule has 10 aromatic rings. The molecule has 0 saturated heterocycles. The van der Waals surface area contributed by atoms with Crippen LogP contribution in [-0.4, -0.2) is 0 Å². The number of hydrogen-bond acceptors (Lipinski definition) is 1. The number of anilines is 3. The fourth-order valence-corrected chi connectivity index (χ4v) is 8.29. The van der Waals surface area contributed by atoms with Crippen LogP contribution in [0.1, 0.15) is 0 Å². The fourth-order valence-electron chi connectivity index (χ4n) is 8.29. The van der Waals surface area contributed by atoms with Gasteiger partial charge in [0.1, 0.15) is 0 Å². The maximum Gasteiger partial charge on any atom is 0.0546 e. The van der Waals surface area contributed by atoms with Crippen LogP contribution in [0.2, 0.25) is 0 Å². The quantitative estimate of drug-likeness (QED) is 0.150. The van der Waals surface area contributed by atoms with E-state index in [1.165, 1.54) is 76.8 Å². The standard InChI is InChI=1S/C54H37N/c1-3-16-39(17-4-1)49-30-15-31-53(54(49)41-19-5-2-6-20-41)55(45-24-13-23-42(36-45)47-29-14-22-38-18-7-9-25-46(38)47)44-34-32-40(33-35-44)52-37-43-21-8-10-26-48(43)50-27-11-12-28-51(50)52/h1-37H. The summed E-state index contributed by atoms with van der Waals surface area (Å²) in [4.78, 5) is 2.44. The lowest BCUT2D eigenvalue weighted by Gasteiger charge is -2.30. The van der Waals surface area contributed by atoms with Gasteiger partial charge in [-0.1, -0.05) is 188 Å². The van der Waals surface area contributed by atoms with E-state index in [9.17, 15) is 0 Å². The average molecular weight is 700 g/mol. The van der Waals surface area contributed by atoms with E-state index in [1.54, 1.807) is 0 Å². The van der Waals surface area contributed by atoms with Gasteiger partial charge in [0.25, 0.3) is 0 Å². The zero-order chi connectivity index (χ0) is 36.6. The van der Waals surface area contributed by atoms with Gasteiger partial charge in [-0.25, -0.2) is 0 Å². The van der Waals surface area contributed by atoms with Crippen LogP contribution in [0.4, 0.5) is 17.1 Å². The first-order valence-electron chi connectivity index (χ1n) is 18.9. The van der Waals surface area contributed by atoms with E-state index >= 15 is 0 Å². The Hall–Kier alpha value is -7.22. The van der Waals surface area contributed by atoms with Gasteiger partial charge >= 0.3 is 0 Å². The van der Waals surface area contributed by atoms with Crippen molar-refractivity contribution in [2.75, 3.05) is 4.90 Å². The largest absolute Gasteiger partial charge is 0.310 e. The summed E-state index contributed by atoms with van der Waals surface area (Å²) in [6, 6.07) is 81.5. The third-order valence-corrected chi connectivity index (χ3v) is 10.8. The molecule has 258 valence electrons. The third-order valence-electron chi connectivity index (χ3n) is 10.8. The van der Waals surface area contributed by atoms with E-state index in [-0.39, 0.29) is 0 Å². The van der Waals surface area contributed by atoms with Crippen molar-refractivity contribution < 1.29 is 0 Å². The number of nitrogens with zero attached hydrogens (tertiary/aromatic N) is 1. The summed E-state index contributed by atoms with van der Waals surface area (Å²) in [6.45, 7) is 0. The smallest absolute Gasteiger partial charge is 0.0546 e. The molecule has 0 aliphatic carbocycles. The van der Waals surface area contributed by atoms with Crippen molar-refractivity contribution in [3.05, 3.63) is 224 Å². The van der Waals surface area contributed by atoms with Crippen molar-refractivity contribution in [1.29, 1.82) is 0 Å². The van der Waals surface area contributed by atoms with Crippen molar-refractivity contribution in [3.63, 3.8) is 0 Å². The molecular formula is C54H37N. The van der Waals surface area contributed by atoms with Crippen molar-refractivity contribution in [2.45, 2.75) is 0 Å². The summed E-state index contributed by atoms with van der Waals surface area (Å²) in [5, 5.41) is 7.55. The molecule has 1 heteroatoms. The van der Waals surface area contributed by atoms with Gasteiger partial charge in [-0.3, -0.25) is 0 Å². The van der Waals surface area contributed by atoms with E-state index in [4.69, 9.17) is 0 Å². The summed E-state index contributed by atoms with van der Waals surface area (Å²) in [6.07, 6.45) is 0. The lowest BCUT2D eigenvalue weighted by molar-refractivity contribution is 1.28. The molecule has 0 heterocycles. The summed E-state index contributed by atoms with van der Waals surface area (Å²) < 4.78 is 0. The first-order chi connectivity index (χ1) is 27.3. The maximum atomic E-state index is 2.44. The number of rotatable bonds is 7. The predicted molar refractivity (Wildman–Crippen MR) is 235 cm³/mol. The van der Waals surface area contributed by atoms with Crippen LogP contribution in [-0.2, 0) is 0 Å². The van der Waals surface area contributed by atoms with Crippen LogP contribution in [0.15, 0.2) is 224 Å². The second-order valence-corrected chi connectivity index (χ2v) is 14.1. The molecular weight excluding hydrogens is 663 g/mol. The van der Waals surface area contributed by atoms with Crippen LogP contribution >= 0.6 is 0 Å². The Morgan fingerprint density at radius 1 is 0.255 bits per heavy atom. The highest BCUT2D eigenvalue weighted by atomic mass is 15.1. The Morgan fingerprint density at radius 3 is 1.58 bits per heavy atom. The molecule has 0 spiro atoms. The second kappa shape index (κ2) is 14.0. The molecule has 0 radical (unpaired) electrons. The van der Waals surface area contributed by atoms with E-state index in [2.05, 4.69) is 229 Å². The highest BCUT2D eigenvalue weighted by Crippen LogP contribution is 2.47. The van der Waals surface area contributed by atoms with Crippen LogP contribution in [0, 0.1) is 0 Å². The molecule has 0 aliphatic rings. The lowest BCUT2D eigenvalue weighted by atomic mass is 9.91. The van der Waals surface area contributed by atoms with Gasteiger partial charge in [0, 0.05) is 16.9 Å². The molecule has 0 amide bonds. The van der Waals surface area contributed by atoms with Crippen molar-refractivity contribution >= 4 is 49.4 Å². The average Bonchev–Trinajstić information content (AvgIpc) is 3.27. The summed E-state index contributed by atoms with van der Waals surface area (Å²) in [5.74, 6) is 0. The lowest BCUT2D eigenvalue weighted by Crippen LogP contribution is -2.12. The zero-order valence-corrected chi connectivity index (χ0v) is 30.3. The SMILES string of the molecule is c1ccc(-c2cccc(N(c3ccc(-c4cc5ccccc5c5ccccc45)cc3)c3cccc(-c4cccc5ccccc45)c3)c2-c2ccccc2)cc1. The highest BCUT2D eigenvalue weighted by Gasteiger charge is 2.21. The Bertz CT molecular complexity index is 2960. The van der Waals surface area contributed by atoms with E-state index in [0.717, 1.165) is 17.1 Å². The Balaban J connectivity index is 1.19. The van der Waals surface area contributed by atoms with Gasteiger partial charge in [-0.05, 0) is 108 Å². The van der Waals surface area contributed by atoms with Gasteiger partial charge < -0.3 is 4.90 Å². The van der Waals surface area contributed by atoms with E-state index in [1.807, 2.05) is 0 Å². The van der Waals surface area contributed by atoms with Crippen LogP contribution in [0.5, 0.6) is 0 Å². The molecule has 1 nitrogen and oxygen atoms in total. The van der Waals surface area contributed by atoms with Crippen molar-refractivity contribution in [2.24, 2.45) is 0 Å².